The number of likely N-dealkylation sites (N-methyl/N-ethyl adjacent to an activating group) is 1. The SMILES string of the molecule is CCNC1=CC(C)C(N)(CCN2CCCCC2)C=C1. The van der Waals surface area contributed by atoms with Crippen molar-refractivity contribution in [2.75, 3.05) is 26.2 Å². The van der Waals surface area contributed by atoms with Crippen LogP contribution in [0.4, 0.5) is 0 Å². The van der Waals surface area contributed by atoms with E-state index in [2.05, 4.69) is 42.3 Å². The normalized spacial score (nSPS) is 32.2. The maximum atomic E-state index is 6.59. The van der Waals surface area contributed by atoms with Gasteiger partial charge in [0.2, 0.25) is 0 Å². The van der Waals surface area contributed by atoms with Gasteiger partial charge >= 0.3 is 0 Å². The van der Waals surface area contributed by atoms with Gasteiger partial charge in [0.15, 0.2) is 0 Å². The Morgan fingerprint density at radius 1 is 1.37 bits per heavy atom. The number of nitrogens with two attached hydrogens (primary N) is 1. The third-order valence-corrected chi connectivity index (χ3v) is 4.54. The molecule has 1 fully saturated rings. The molecule has 0 saturated carbocycles. The molecule has 2 unspecified atom stereocenters. The zero-order valence-electron chi connectivity index (χ0n) is 12.5. The fourth-order valence-corrected chi connectivity index (χ4v) is 3.04. The van der Waals surface area contributed by atoms with E-state index in [0.717, 1.165) is 19.5 Å². The zero-order valence-corrected chi connectivity index (χ0v) is 12.5. The molecule has 3 heteroatoms. The van der Waals surface area contributed by atoms with Crippen molar-refractivity contribution < 1.29 is 0 Å². The highest BCUT2D eigenvalue weighted by atomic mass is 15.1. The number of nitrogens with one attached hydrogen (secondary N) is 1. The van der Waals surface area contributed by atoms with E-state index in [9.17, 15) is 0 Å². The predicted octanol–water partition coefficient (Wildman–Crippen LogP) is 2.26. The van der Waals surface area contributed by atoms with Crippen LogP contribution in [0.5, 0.6) is 0 Å². The lowest BCUT2D eigenvalue weighted by molar-refractivity contribution is 0.204. The van der Waals surface area contributed by atoms with Gasteiger partial charge < -0.3 is 16.0 Å². The van der Waals surface area contributed by atoms with Crippen LogP contribution in [-0.2, 0) is 0 Å². The third kappa shape index (κ3) is 3.83. The molecule has 0 radical (unpaired) electrons. The van der Waals surface area contributed by atoms with Gasteiger partial charge in [0, 0.05) is 24.3 Å². The summed E-state index contributed by atoms with van der Waals surface area (Å²) in [6.07, 6.45) is 11.8. The third-order valence-electron chi connectivity index (χ3n) is 4.54. The molecule has 2 atom stereocenters. The molecule has 0 amide bonds. The van der Waals surface area contributed by atoms with Crippen LogP contribution in [0.2, 0.25) is 0 Å². The summed E-state index contributed by atoms with van der Waals surface area (Å²) >= 11 is 0. The number of hydrogen-bond acceptors (Lipinski definition) is 3. The van der Waals surface area contributed by atoms with Crippen LogP contribution in [-0.4, -0.2) is 36.6 Å². The van der Waals surface area contributed by atoms with Crippen molar-refractivity contribution in [1.82, 2.24) is 10.2 Å². The maximum absolute atomic E-state index is 6.59. The van der Waals surface area contributed by atoms with E-state index in [1.165, 1.54) is 38.0 Å². The van der Waals surface area contributed by atoms with Gasteiger partial charge in [-0.15, -0.1) is 0 Å². The fourth-order valence-electron chi connectivity index (χ4n) is 3.04. The van der Waals surface area contributed by atoms with E-state index in [4.69, 9.17) is 5.73 Å². The van der Waals surface area contributed by atoms with Crippen molar-refractivity contribution in [2.24, 2.45) is 11.7 Å². The summed E-state index contributed by atoms with van der Waals surface area (Å²) in [5.41, 5.74) is 7.64. The first-order valence-electron chi connectivity index (χ1n) is 7.80. The quantitative estimate of drug-likeness (QED) is 0.799. The van der Waals surface area contributed by atoms with Gasteiger partial charge in [-0.25, -0.2) is 0 Å². The second-order valence-electron chi connectivity index (χ2n) is 6.04. The molecule has 3 N–H and O–H groups in total. The topological polar surface area (TPSA) is 41.3 Å². The van der Waals surface area contributed by atoms with E-state index in [0.29, 0.717) is 5.92 Å². The summed E-state index contributed by atoms with van der Waals surface area (Å²) in [5, 5.41) is 3.37. The van der Waals surface area contributed by atoms with E-state index in [-0.39, 0.29) is 5.54 Å². The Hall–Kier alpha value is -0.800. The molecule has 2 aliphatic rings. The van der Waals surface area contributed by atoms with Gasteiger partial charge in [-0.2, -0.15) is 0 Å². The number of piperidine rings is 1. The number of rotatable bonds is 5. The lowest BCUT2D eigenvalue weighted by atomic mass is 9.79. The zero-order chi connectivity index (χ0) is 13.7. The number of nitrogens with zero attached hydrogens (tertiary/aromatic N) is 1. The minimum atomic E-state index is -0.170. The molecule has 3 nitrogen and oxygen atoms in total. The summed E-state index contributed by atoms with van der Waals surface area (Å²) < 4.78 is 0. The lowest BCUT2D eigenvalue weighted by Crippen LogP contribution is -2.48. The molecule has 0 bridgehead atoms. The summed E-state index contributed by atoms with van der Waals surface area (Å²) in [6.45, 7) is 8.97. The average molecular weight is 263 g/mol. The smallest absolute Gasteiger partial charge is 0.0416 e. The molecule has 0 aromatic rings. The lowest BCUT2D eigenvalue weighted by Gasteiger charge is -2.37. The Balaban J connectivity index is 1.87. The van der Waals surface area contributed by atoms with Crippen LogP contribution in [0.1, 0.15) is 39.5 Å². The summed E-state index contributed by atoms with van der Waals surface area (Å²) in [4.78, 5) is 2.57. The predicted molar refractivity (Wildman–Crippen MR) is 81.9 cm³/mol. The van der Waals surface area contributed by atoms with Gasteiger partial charge in [0.25, 0.3) is 0 Å². The molecule has 108 valence electrons. The molecule has 19 heavy (non-hydrogen) atoms. The van der Waals surface area contributed by atoms with Crippen molar-refractivity contribution in [3.63, 3.8) is 0 Å². The highest BCUT2D eigenvalue weighted by Gasteiger charge is 2.30. The van der Waals surface area contributed by atoms with Gasteiger partial charge in [0.1, 0.15) is 0 Å². The van der Waals surface area contributed by atoms with Crippen LogP contribution >= 0.6 is 0 Å². The molecule has 1 aliphatic heterocycles. The molecular formula is C16H29N3. The second kappa shape index (κ2) is 6.58. The Bertz CT molecular complexity index is 342. The highest BCUT2D eigenvalue weighted by molar-refractivity contribution is 5.30. The first-order valence-corrected chi connectivity index (χ1v) is 7.80. The van der Waals surface area contributed by atoms with E-state index in [1.54, 1.807) is 0 Å². The molecule has 1 aliphatic carbocycles. The number of likely N-dealkylation sites (tertiary alicyclic amines) is 1. The van der Waals surface area contributed by atoms with Crippen LogP contribution in [0.25, 0.3) is 0 Å². The summed E-state index contributed by atoms with van der Waals surface area (Å²) in [7, 11) is 0. The van der Waals surface area contributed by atoms with Crippen LogP contribution in [0.15, 0.2) is 23.9 Å². The Morgan fingerprint density at radius 2 is 2.11 bits per heavy atom. The van der Waals surface area contributed by atoms with Gasteiger partial charge in [-0.3, -0.25) is 0 Å². The van der Waals surface area contributed by atoms with Crippen molar-refractivity contribution >= 4 is 0 Å². The fraction of sp³-hybridized carbons (Fsp3) is 0.750. The molecule has 0 aromatic carbocycles. The van der Waals surface area contributed by atoms with Crippen molar-refractivity contribution in [1.29, 1.82) is 0 Å². The first kappa shape index (κ1) is 14.6. The number of hydrogen-bond donors (Lipinski definition) is 2. The van der Waals surface area contributed by atoms with Gasteiger partial charge in [0.05, 0.1) is 0 Å². The largest absolute Gasteiger partial charge is 0.386 e. The van der Waals surface area contributed by atoms with Gasteiger partial charge in [-0.1, -0.05) is 25.5 Å². The summed E-state index contributed by atoms with van der Waals surface area (Å²) in [6, 6.07) is 0. The molecule has 1 heterocycles. The monoisotopic (exact) mass is 263 g/mol. The second-order valence-corrected chi connectivity index (χ2v) is 6.04. The van der Waals surface area contributed by atoms with Crippen LogP contribution in [0, 0.1) is 5.92 Å². The van der Waals surface area contributed by atoms with Crippen molar-refractivity contribution in [3.05, 3.63) is 23.9 Å². The summed E-state index contributed by atoms with van der Waals surface area (Å²) in [5.74, 6) is 0.399. The minimum absolute atomic E-state index is 0.170. The molecular weight excluding hydrogens is 234 g/mol. The van der Waals surface area contributed by atoms with E-state index >= 15 is 0 Å². The molecule has 0 spiro atoms. The van der Waals surface area contributed by atoms with Crippen molar-refractivity contribution in [2.45, 2.75) is 45.1 Å². The first-order chi connectivity index (χ1) is 9.14. The van der Waals surface area contributed by atoms with Crippen LogP contribution in [0.3, 0.4) is 0 Å². The van der Waals surface area contributed by atoms with Crippen molar-refractivity contribution in [3.8, 4) is 0 Å². The molecule has 0 aromatic heterocycles. The highest BCUT2D eigenvalue weighted by Crippen LogP contribution is 2.27. The minimum Gasteiger partial charge on any atom is -0.386 e. The standard InChI is InChI=1S/C16H29N3/c1-3-18-15-7-8-16(17,14(2)13-15)9-12-19-10-5-4-6-11-19/h7-8,13-14,18H,3-6,9-12,17H2,1-2H3. The van der Waals surface area contributed by atoms with E-state index < -0.39 is 0 Å². The number of allylic oxidation sites excluding steroid dienone is 1. The molecule has 2 rings (SSSR count). The maximum Gasteiger partial charge on any atom is 0.0416 e. The Morgan fingerprint density at radius 3 is 2.74 bits per heavy atom. The van der Waals surface area contributed by atoms with Crippen LogP contribution < -0.4 is 11.1 Å². The Kier molecular flexibility index (Phi) is 5.06. The Labute approximate surface area is 117 Å². The average Bonchev–Trinajstić information content (AvgIpc) is 2.43. The van der Waals surface area contributed by atoms with Gasteiger partial charge in [-0.05, 0) is 51.3 Å². The molecule has 1 saturated heterocycles. The van der Waals surface area contributed by atoms with E-state index in [1.807, 2.05) is 0 Å².